The molecule has 0 unspecified atom stereocenters. The maximum atomic E-state index is 12.3. The number of hydrogen-bond donors (Lipinski definition) is 3. The van der Waals surface area contributed by atoms with Gasteiger partial charge < -0.3 is 15.3 Å². The number of ketones is 2. The van der Waals surface area contributed by atoms with Crippen molar-refractivity contribution >= 4 is 11.6 Å². The molecule has 3 saturated carbocycles. The van der Waals surface area contributed by atoms with Crippen molar-refractivity contribution < 1.29 is 24.9 Å². The third-order valence-electron chi connectivity index (χ3n) is 8.43. The van der Waals surface area contributed by atoms with E-state index in [9.17, 15) is 24.9 Å². The van der Waals surface area contributed by atoms with Crippen molar-refractivity contribution in [3.8, 4) is 0 Å². The molecular weight excluding hydrogens is 332 g/mol. The molecule has 5 heteroatoms. The van der Waals surface area contributed by atoms with Crippen molar-refractivity contribution in [2.24, 2.45) is 34.5 Å². The summed E-state index contributed by atoms with van der Waals surface area (Å²) in [5.41, 5.74) is 0.236. The van der Waals surface area contributed by atoms with E-state index in [-0.39, 0.29) is 47.1 Å². The number of aliphatic hydroxyl groups excluding tert-OH is 1. The Morgan fingerprint density at radius 1 is 1.19 bits per heavy atom. The fourth-order valence-electron chi connectivity index (χ4n) is 7.47. The molecule has 0 radical (unpaired) electrons. The Bertz CT molecular complexity index is 680. The fourth-order valence-corrected chi connectivity index (χ4v) is 7.47. The Morgan fingerprint density at radius 2 is 1.92 bits per heavy atom. The second-order valence-corrected chi connectivity index (χ2v) is 9.66. The smallest absolute Gasteiger partial charge is 0.167 e. The second-order valence-electron chi connectivity index (χ2n) is 9.66. The van der Waals surface area contributed by atoms with E-state index in [1.54, 1.807) is 6.08 Å². The molecule has 26 heavy (non-hydrogen) atoms. The zero-order chi connectivity index (χ0) is 18.9. The summed E-state index contributed by atoms with van der Waals surface area (Å²) in [7, 11) is 0. The van der Waals surface area contributed by atoms with Gasteiger partial charge in [0, 0.05) is 24.7 Å². The molecule has 6 atom stereocenters. The molecule has 4 rings (SSSR count). The zero-order valence-corrected chi connectivity index (χ0v) is 15.7. The Morgan fingerprint density at radius 3 is 2.62 bits per heavy atom. The molecule has 0 heterocycles. The summed E-state index contributed by atoms with van der Waals surface area (Å²) >= 11 is 0. The first-order valence-corrected chi connectivity index (χ1v) is 9.96. The van der Waals surface area contributed by atoms with Gasteiger partial charge in [-0.15, -0.1) is 0 Å². The van der Waals surface area contributed by atoms with Crippen LogP contribution in [0.1, 0.15) is 58.8 Å². The van der Waals surface area contributed by atoms with Gasteiger partial charge in [0.15, 0.2) is 17.4 Å². The number of carbonyl (C=O) groups is 2. The summed E-state index contributed by atoms with van der Waals surface area (Å²) in [6, 6.07) is 0. The van der Waals surface area contributed by atoms with Crippen LogP contribution in [0.3, 0.4) is 0 Å². The number of allylic oxidation sites excluding steroid dienone is 1. The lowest BCUT2D eigenvalue weighted by Gasteiger charge is -2.62. The van der Waals surface area contributed by atoms with Crippen molar-refractivity contribution in [1.82, 2.24) is 0 Å². The van der Waals surface area contributed by atoms with Crippen molar-refractivity contribution in [3.63, 3.8) is 0 Å². The van der Waals surface area contributed by atoms with Crippen LogP contribution in [0, 0.1) is 34.5 Å². The van der Waals surface area contributed by atoms with Gasteiger partial charge in [-0.2, -0.15) is 0 Å². The number of hydrogen-bond acceptors (Lipinski definition) is 5. The first-order chi connectivity index (χ1) is 12.1. The molecule has 0 saturated heterocycles. The third kappa shape index (κ3) is 2.33. The second kappa shape index (κ2) is 5.73. The lowest BCUT2D eigenvalue weighted by Crippen LogP contribution is -2.63. The third-order valence-corrected chi connectivity index (χ3v) is 8.43. The van der Waals surface area contributed by atoms with E-state index in [1.807, 2.05) is 6.92 Å². The summed E-state index contributed by atoms with van der Waals surface area (Å²) in [6.07, 6.45) is 6.33. The highest BCUT2D eigenvalue weighted by Gasteiger charge is 2.67. The van der Waals surface area contributed by atoms with Crippen LogP contribution in [0.25, 0.3) is 0 Å². The first-order valence-electron chi connectivity index (χ1n) is 9.96. The number of carbonyl (C=O) groups excluding carboxylic acids is 2. The van der Waals surface area contributed by atoms with Crippen LogP contribution in [-0.4, -0.2) is 39.3 Å². The largest absolute Gasteiger partial charge is 0.389 e. The summed E-state index contributed by atoms with van der Waals surface area (Å²) in [5.74, 6) is -2.09. The van der Waals surface area contributed by atoms with Crippen LogP contribution in [0.2, 0.25) is 0 Å². The standard InChI is InChI=1S/C21H30O5/c1-19-8-7-13(23)9-12(19)3-4-14-15-5-6-16(17(24)10-22)20(15,2)11-21(25,26)18(14)19/h9,14-16,18,22,25-26H,3-8,10-11H2,1-2H3/t14-,15-,16+,18-,19-,20-/m0/s1. The van der Waals surface area contributed by atoms with Crippen molar-refractivity contribution in [2.45, 2.75) is 64.6 Å². The van der Waals surface area contributed by atoms with Crippen LogP contribution < -0.4 is 0 Å². The number of aliphatic hydroxyl groups is 3. The van der Waals surface area contributed by atoms with Gasteiger partial charge in [-0.1, -0.05) is 19.4 Å². The predicted molar refractivity (Wildman–Crippen MR) is 94.8 cm³/mol. The van der Waals surface area contributed by atoms with Crippen LogP contribution in [-0.2, 0) is 9.59 Å². The normalized spacial score (nSPS) is 46.8. The minimum absolute atomic E-state index is 0.135. The van der Waals surface area contributed by atoms with Gasteiger partial charge in [0.25, 0.3) is 0 Å². The van der Waals surface area contributed by atoms with E-state index in [0.717, 1.165) is 31.3 Å². The molecule has 4 aliphatic carbocycles. The maximum absolute atomic E-state index is 12.3. The number of rotatable bonds is 2. The number of Topliss-reactive ketones (excluding diaryl/α,β-unsaturated/α-hetero) is 1. The van der Waals surface area contributed by atoms with Gasteiger partial charge >= 0.3 is 0 Å². The SMILES string of the molecule is C[C@]12CC(O)(O)[C@H]3[C@@H](CCC4=CC(=O)CC[C@@]43C)[C@@H]1CC[C@@H]2C(=O)CO. The molecule has 144 valence electrons. The van der Waals surface area contributed by atoms with Crippen LogP contribution in [0.4, 0.5) is 0 Å². The average molecular weight is 362 g/mol. The molecule has 0 bridgehead atoms. The highest BCUT2D eigenvalue weighted by molar-refractivity contribution is 5.91. The molecule has 0 aromatic heterocycles. The topological polar surface area (TPSA) is 94.8 Å². The van der Waals surface area contributed by atoms with Crippen LogP contribution >= 0.6 is 0 Å². The quantitative estimate of drug-likeness (QED) is 0.653. The van der Waals surface area contributed by atoms with Gasteiger partial charge in [-0.25, -0.2) is 0 Å². The van der Waals surface area contributed by atoms with Gasteiger partial charge in [-0.05, 0) is 60.8 Å². The number of fused-ring (bicyclic) bond motifs is 5. The fraction of sp³-hybridized carbons (Fsp3) is 0.810. The van der Waals surface area contributed by atoms with Gasteiger partial charge in [0.2, 0.25) is 0 Å². The van der Waals surface area contributed by atoms with Gasteiger partial charge in [0.05, 0.1) is 0 Å². The monoisotopic (exact) mass is 362 g/mol. The summed E-state index contributed by atoms with van der Waals surface area (Å²) in [6.45, 7) is 3.63. The minimum Gasteiger partial charge on any atom is -0.389 e. The Balaban J connectivity index is 1.76. The van der Waals surface area contributed by atoms with Crippen molar-refractivity contribution in [3.05, 3.63) is 11.6 Å². The zero-order valence-electron chi connectivity index (χ0n) is 15.7. The average Bonchev–Trinajstić information content (AvgIpc) is 2.89. The molecule has 0 aromatic rings. The molecule has 5 nitrogen and oxygen atoms in total. The van der Waals surface area contributed by atoms with E-state index in [4.69, 9.17) is 0 Å². The molecular formula is C21H30O5. The van der Waals surface area contributed by atoms with E-state index in [0.29, 0.717) is 12.8 Å². The molecule has 3 fully saturated rings. The van der Waals surface area contributed by atoms with Crippen molar-refractivity contribution in [2.75, 3.05) is 6.61 Å². The highest BCUT2D eigenvalue weighted by Crippen LogP contribution is 2.68. The molecule has 4 aliphatic rings. The van der Waals surface area contributed by atoms with Gasteiger partial charge in [0.1, 0.15) is 6.61 Å². The summed E-state index contributed by atoms with van der Waals surface area (Å²) in [4.78, 5) is 24.2. The Hall–Kier alpha value is -1.04. The van der Waals surface area contributed by atoms with Crippen molar-refractivity contribution in [1.29, 1.82) is 0 Å². The summed E-state index contributed by atoms with van der Waals surface area (Å²) < 4.78 is 0. The Kier molecular flexibility index (Phi) is 4.04. The molecule has 0 aromatic carbocycles. The van der Waals surface area contributed by atoms with E-state index in [1.165, 1.54) is 0 Å². The highest BCUT2D eigenvalue weighted by atomic mass is 16.5. The van der Waals surface area contributed by atoms with E-state index < -0.39 is 17.8 Å². The predicted octanol–water partition coefficient (Wildman–Crippen LogP) is 1.99. The molecule has 0 spiro atoms. The van der Waals surface area contributed by atoms with Crippen LogP contribution in [0.15, 0.2) is 11.6 Å². The Labute approximate surface area is 154 Å². The molecule has 0 aliphatic heterocycles. The van der Waals surface area contributed by atoms with Gasteiger partial charge in [-0.3, -0.25) is 9.59 Å². The lowest BCUT2D eigenvalue weighted by molar-refractivity contribution is -0.294. The summed E-state index contributed by atoms with van der Waals surface area (Å²) in [5, 5.41) is 31.8. The van der Waals surface area contributed by atoms with E-state index >= 15 is 0 Å². The lowest BCUT2D eigenvalue weighted by atomic mass is 9.45. The maximum Gasteiger partial charge on any atom is 0.167 e. The van der Waals surface area contributed by atoms with Crippen LogP contribution in [0.5, 0.6) is 0 Å². The molecule has 0 amide bonds. The minimum atomic E-state index is -1.86. The first kappa shape index (κ1) is 18.3. The van der Waals surface area contributed by atoms with E-state index in [2.05, 4.69) is 6.92 Å². The molecule has 3 N–H and O–H groups in total.